The number of benzene rings is 1. The van der Waals surface area contributed by atoms with E-state index in [1.54, 1.807) is 0 Å². The van der Waals surface area contributed by atoms with E-state index in [-0.39, 0.29) is 6.04 Å². The fraction of sp³-hybridized carbons (Fsp3) is 0.571. The fourth-order valence-electron chi connectivity index (χ4n) is 3.26. The zero-order chi connectivity index (χ0) is 11.9. The summed E-state index contributed by atoms with van der Waals surface area (Å²) in [7, 11) is 2.01. The van der Waals surface area contributed by atoms with Gasteiger partial charge in [-0.15, -0.1) is 0 Å². The van der Waals surface area contributed by atoms with Crippen molar-refractivity contribution in [3.05, 3.63) is 35.9 Å². The van der Waals surface area contributed by atoms with Gasteiger partial charge in [-0.3, -0.25) is 4.90 Å². The van der Waals surface area contributed by atoms with Crippen molar-refractivity contribution in [1.82, 2.24) is 9.80 Å². The van der Waals surface area contributed by atoms with Gasteiger partial charge in [-0.1, -0.05) is 30.3 Å². The third kappa shape index (κ3) is 1.98. The molecule has 92 valence electrons. The molecule has 0 N–H and O–H groups in total. The smallest absolute Gasteiger partial charge is 0.141 e. The summed E-state index contributed by atoms with van der Waals surface area (Å²) in [5, 5.41) is 0. The van der Waals surface area contributed by atoms with Crippen LogP contribution in [0.1, 0.15) is 12.0 Å². The van der Waals surface area contributed by atoms with E-state index in [0.29, 0.717) is 13.0 Å². The van der Waals surface area contributed by atoms with Gasteiger partial charge in [-0.05, 0) is 19.0 Å². The number of hydrogen-bond acceptors (Lipinski definition) is 2. The summed E-state index contributed by atoms with van der Waals surface area (Å²) in [5.74, 6) is 0. The number of hydrogen-bond donors (Lipinski definition) is 0. The maximum absolute atomic E-state index is 14.6. The Morgan fingerprint density at radius 1 is 1.35 bits per heavy atom. The molecule has 2 fully saturated rings. The molecule has 2 aliphatic rings. The van der Waals surface area contributed by atoms with Crippen LogP contribution >= 0.6 is 0 Å². The molecule has 0 bridgehead atoms. The van der Waals surface area contributed by atoms with Crippen molar-refractivity contribution < 1.29 is 4.39 Å². The van der Waals surface area contributed by atoms with Crippen molar-refractivity contribution in [2.24, 2.45) is 0 Å². The van der Waals surface area contributed by atoms with Crippen molar-refractivity contribution in [3.63, 3.8) is 0 Å². The SMILES string of the molecule is CN1CC2N(Cc3ccccc3)CCC2(F)C1. The Bertz CT molecular complexity index is 394. The van der Waals surface area contributed by atoms with Gasteiger partial charge in [-0.2, -0.15) is 0 Å². The van der Waals surface area contributed by atoms with Crippen LogP contribution in [0.3, 0.4) is 0 Å². The van der Waals surface area contributed by atoms with Crippen LogP contribution in [-0.2, 0) is 6.54 Å². The summed E-state index contributed by atoms with van der Waals surface area (Å²) in [6, 6.07) is 10.5. The van der Waals surface area contributed by atoms with Crippen LogP contribution in [0, 0.1) is 0 Å². The fourth-order valence-corrected chi connectivity index (χ4v) is 3.26. The predicted octanol–water partition coefficient (Wildman–Crippen LogP) is 1.91. The molecule has 17 heavy (non-hydrogen) atoms. The van der Waals surface area contributed by atoms with E-state index in [0.717, 1.165) is 19.6 Å². The van der Waals surface area contributed by atoms with E-state index < -0.39 is 5.67 Å². The molecule has 3 heteroatoms. The van der Waals surface area contributed by atoms with Crippen molar-refractivity contribution in [2.45, 2.75) is 24.7 Å². The molecule has 2 atom stereocenters. The van der Waals surface area contributed by atoms with Crippen LogP contribution in [0.25, 0.3) is 0 Å². The summed E-state index contributed by atoms with van der Waals surface area (Å²) in [5.41, 5.74) is 0.315. The number of halogens is 1. The number of rotatable bonds is 2. The second kappa shape index (κ2) is 4.07. The van der Waals surface area contributed by atoms with Gasteiger partial charge in [0.05, 0.1) is 6.04 Å². The topological polar surface area (TPSA) is 6.48 Å². The summed E-state index contributed by atoms with van der Waals surface area (Å²) < 4.78 is 14.6. The van der Waals surface area contributed by atoms with Gasteiger partial charge in [0.25, 0.3) is 0 Å². The van der Waals surface area contributed by atoms with E-state index >= 15 is 0 Å². The molecule has 1 aromatic rings. The molecule has 0 saturated carbocycles. The zero-order valence-electron chi connectivity index (χ0n) is 10.3. The second-order valence-corrected chi connectivity index (χ2v) is 5.45. The lowest BCUT2D eigenvalue weighted by molar-refractivity contribution is 0.136. The highest BCUT2D eigenvalue weighted by atomic mass is 19.1. The Hall–Kier alpha value is -0.930. The minimum absolute atomic E-state index is 0.0905. The van der Waals surface area contributed by atoms with Crippen molar-refractivity contribution in [3.8, 4) is 0 Å². The van der Waals surface area contributed by atoms with E-state index in [4.69, 9.17) is 0 Å². The van der Waals surface area contributed by atoms with Crippen LogP contribution in [0.15, 0.2) is 30.3 Å². The summed E-state index contributed by atoms with van der Waals surface area (Å²) in [4.78, 5) is 4.42. The van der Waals surface area contributed by atoms with Gasteiger partial charge in [0.2, 0.25) is 0 Å². The molecule has 2 heterocycles. The van der Waals surface area contributed by atoms with E-state index in [2.05, 4.69) is 34.1 Å². The van der Waals surface area contributed by atoms with E-state index in [9.17, 15) is 4.39 Å². The molecular formula is C14H19FN2. The highest BCUT2D eigenvalue weighted by Crippen LogP contribution is 2.38. The van der Waals surface area contributed by atoms with Gasteiger partial charge >= 0.3 is 0 Å². The predicted molar refractivity (Wildman–Crippen MR) is 66.6 cm³/mol. The van der Waals surface area contributed by atoms with Crippen molar-refractivity contribution >= 4 is 0 Å². The molecule has 1 aromatic carbocycles. The number of fused-ring (bicyclic) bond motifs is 1. The molecule has 0 aromatic heterocycles. The third-order valence-electron chi connectivity index (χ3n) is 4.10. The monoisotopic (exact) mass is 234 g/mol. The van der Waals surface area contributed by atoms with Crippen LogP contribution in [0.4, 0.5) is 4.39 Å². The van der Waals surface area contributed by atoms with Gasteiger partial charge in [0, 0.05) is 26.2 Å². The molecule has 3 rings (SSSR count). The minimum Gasteiger partial charge on any atom is -0.301 e. The lowest BCUT2D eigenvalue weighted by atomic mass is 10.0. The highest BCUT2D eigenvalue weighted by molar-refractivity contribution is 5.16. The lowest BCUT2D eigenvalue weighted by Crippen LogP contribution is -2.40. The molecule has 0 aliphatic carbocycles. The Labute approximate surface area is 102 Å². The summed E-state index contributed by atoms with van der Waals surface area (Å²) in [6.45, 7) is 3.24. The summed E-state index contributed by atoms with van der Waals surface area (Å²) >= 11 is 0. The van der Waals surface area contributed by atoms with E-state index in [1.165, 1.54) is 5.56 Å². The first-order valence-corrected chi connectivity index (χ1v) is 6.33. The average molecular weight is 234 g/mol. The maximum atomic E-state index is 14.6. The number of likely N-dealkylation sites (tertiary alicyclic amines) is 2. The summed E-state index contributed by atoms with van der Waals surface area (Å²) in [6.07, 6.45) is 0.689. The normalized spacial score (nSPS) is 34.1. The minimum atomic E-state index is -0.969. The highest BCUT2D eigenvalue weighted by Gasteiger charge is 2.52. The number of nitrogens with zero attached hydrogens (tertiary/aromatic N) is 2. The van der Waals surface area contributed by atoms with Crippen molar-refractivity contribution in [2.75, 3.05) is 26.7 Å². The molecule has 2 nitrogen and oxygen atoms in total. The quantitative estimate of drug-likeness (QED) is 0.771. The first-order valence-electron chi connectivity index (χ1n) is 6.33. The number of alkyl halides is 1. The van der Waals surface area contributed by atoms with Gasteiger partial charge in [0.1, 0.15) is 5.67 Å². The molecule has 2 aliphatic heterocycles. The standard InChI is InChI=1S/C14H19FN2/c1-16-10-13-14(15,11-16)7-8-17(13)9-12-5-3-2-4-6-12/h2-6,13H,7-11H2,1H3. The van der Waals surface area contributed by atoms with Crippen LogP contribution in [-0.4, -0.2) is 48.2 Å². The average Bonchev–Trinajstić information content (AvgIpc) is 2.75. The molecular weight excluding hydrogens is 215 g/mol. The second-order valence-electron chi connectivity index (χ2n) is 5.45. The van der Waals surface area contributed by atoms with Gasteiger partial charge in [0.15, 0.2) is 0 Å². The Morgan fingerprint density at radius 3 is 2.88 bits per heavy atom. The van der Waals surface area contributed by atoms with E-state index in [1.807, 2.05) is 13.1 Å². The molecule has 2 saturated heterocycles. The first-order chi connectivity index (χ1) is 8.17. The van der Waals surface area contributed by atoms with Gasteiger partial charge < -0.3 is 4.90 Å². The zero-order valence-corrected chi connectivity index (χ0v) is 10.3. The Balaban J connectivity index is 1.74. The van der Waals surface area contributed by atoms with Crippen LogP contribution in [0.5, 0.6) is 0 Å². The molecule has 2 unspecified atom stereocenters. The lowest BCUT2D eigenvalue weighted by Gasteiger charge is -2.25. The molecule has 0 spiro atoms. The third-order valence-corrected chi connectivity index (χ3v) is 4.10. The van der Waals surface area contributed by atoms with Crippen LogP contribution in [0.2, 0.25) is 0 Å². The largest absolute Gasteiger partial charge is 0.301 e. The van der Waals surface area contributed by atoms with Crippen molar-refractivity contribution in [1.29, 1.82) is 0 Å². The first kappa shape index (κ1) is 11.2. The molecule has 0 radical (unpaired) electrons. The molecule has 0 amide bonds. The van der Waals surface area contributed by atoms with Gasteiger partial charge in [-0.25, -0.2) is 4.39 Å². The van der Waals surface area contributed by atoms with Crippen LogP contribution < -0.4 is 0 Å². The Kier molecular flexibility index (Phi) is 2.68. The number of likely N-dealkylation sites (N-methyl/N-ethyl adjacent to an activating group) is 1. The maximum Gasteiger partial charge on any atom is 0.141 e. The Morgan fingerprint density at radius 2 is 2.12 bits per heavy atom.